The Balaban J connectivity index is 0. The van der Waals surface area contributed by atoms with Crippen LogP contribution in [-0.2, 0) is 8.55 Å². The van der Waals surface area contributed by atoms with Gasteiger partial charge in [-0.2, -0.15) is 8.42 Å². The van der Waals surface area contributed by atoms with Crippen LogP contribution in [-0.4, -0.2) is 37.4 Å². The van der Waals surface area contributed by atoms with Crippen LogP contribution in [0.2, 0.25) is 0 Å². The predicted octanol–water partition coefficient (Wildman–Crippen LogP) is -1.000. The molecule has 3 nitrogen and oxygen atoms in total. The molecule has 6 heteroatoms. The van der Waals surface area contributed by atoms with Gasteiger partial charge in [0, 0.05) is 0 Å². The zero-order valence-corrected chi connectivity index (χ0v) is 9.20. The minimum atomic E-state index is -3.85. The van der Waals surface area contributed by atoms with Gasteiger partial charge in [0.15, 0.2) is 0 Å². The van der Waals surface area contributed by atoms with E-state index in [1.165, 1.54) is 0 Å². The van der Waals surface area contributed by atoms with Crippen molar-refractivity contribution in [2.75, 3.05) is 0 Å². The van der Waals surface area contributed by atoms with Crippen molar-refractivity contribution in [3.05, 3.63) is 0 Å². The molecular weight excluding hydrogens is 282 g/mol. The Morgan fingerprint density at radius 2 is 1.50 bits per heavy atom. The van der Waals surface area contributed by atoms with E-state index in [-0.39, 0.29) is 24.4 Å². The van der Waals surface area contributed by atoms with Crippen molar-refractivity contribution in [3.63, 3.8) is 0 Å². The summed E-state index contributed by atoms with van der Waals surface area (Å²) in [6.07, 6.45) is 0. The summed E-state index contributed by atoms with van der Waals surface area (Å²) in [4.78, 5) is 0. The fraction of sp³-hybridized carbons (Fsp3) is 0. The van der Waals surface area contributed by atoms with Gasteiger partial charge in [-0.15, -0.1) is 0 Å². The van der Waals surface area contributed by atoms with Crippen LogP contribution in [0.3, 0.4) is 0 Å². The van der Waals surface area contributed by atoms with Gasteiger partial charge in [0.2, 0.25) is 0 Å². The summed E-state index contributed by atoms with van der Waals surface area (Å²) >= 11 is 1.90. The summed E-state index contributed by atoms with van der Waals surface area (Å²) in [5.41, 5.74) is 0. The van der Waals surface area contributed by atoms with Crippen molar-refractivity contribution in [1.29, 1.82) is 0 Å². The summed E-state index contributed by atoms with van der Waals surface area (Å²) in [6, 6.07) is 0. The normalized spacial score (nSPS) is 9.67. The van der Waals surface area contributed by atoms with Crippen LogP contribution in [0, 0.1) is 0 Å². The van der Waals surface area contributed by atoms with Gasteiger partial charge in [-0.25, -0.2) is 0 Å². The summed E-state index contributed by atoms with van der Waals surface area (Å²) in [5.74, 6) is 0. The van der Waals surface area contributed by atoms with Crippen molar-refractivity contribution in [2.45, 2.75) is 0 Å². The van der Waals surface area contributed by atoms with Crippen LogP contribution >= 0.6 is 14.8 Å². The Kier molecular flexibility index (Phi) is 5.53. The second kappa shape index (κ2) is 3.24. The Hall–Kier alpha value is 1.21. The summed E-state index contributed by atoms with van der Waals surface area (Å²) in [6.45, 7) is 0. The van der Waals surface area contributed by atoms with Crippen molar-refractivity contribution in [1.82, 2.24) is 0 Å². The van der Waals surface area contributed by atoms with Gasteiger partial charge in [0.1, 0.15) is 0 Å². The molecular formula is H4BrO3SSb. The standard InChI is InChI=1S/BrHO3S.Sb.3H/c1-5(2,3)4;;;;/h(H,2,3,4);;;;. The van der Waals surface area contributed by atoms with E-state index in [9.17, 15) is 0 Å². The number of rotatable bonds is 0. The monoisotopic (exact) mass is 284 g/mol. The maximum absolute atomic E-state index is 9.10. The molecule has 1 N–H and O–H groups in total. The molecule has 0 aromatic carbocycles. The molecule has 0 fully saturated rings. The molecule has 0 aliphatic heterocycles. The molecule has 0 heterocycles. The Labute approximate surface area is 60.5 Å². The van der Waals surface area contributed by atoms with Crippen molar-refractivity contribution >= 4 is 47.8 Å². The first kappa shape index (κ1) is 10.2. The molecule has 0 spiro atoms. The molecule has 0 radical (unpaired) electrons. The summed E-state index contributed by atoms with van der Waals surface area (Å²) in [5, 5.41) is 0. The Bertz CT molecular complexity index is 94.0. The van der Waals surface area contributed by atoms with E-state index in [1.807, 2.05) is 14.8 Å². The van der Waals surface area contributed by atoms with E-state index < -0.39 is 8.55 Å². The molecule has 6 heavy (non-hydrogen) atoms. The number of hydrogen-bond acceptors (Lipinski definition) is 2. The molecule has 0 aliphatic rings. The van der Waals surface area contributed by atoms with Crippen LogP contribution in [0.15, 0.2) is 0 Å². The van der Waals surface area contributed by atoms with Crippen molar-refractivity contribution in [3.8, 4) is 0 Å². The third kappa shape index (κ3) is 63.2. The topological polar surface area (TPSA) is 54.4 Å². The van der Waals surface area contributed by atoms with Crippen molar-refractivity contribution in [2.24, 2.45) is 0 Å². The van der Waals surface area contributed by atoms with Crippen LogP contribution in [0.1, 0.15) is 0 Å². The SMILES string of the molecule is O=S(=O)(O)Br.[SbH3]. The van der Waals surface area contributed by atoms with Gasteiger partial charge in [-0.1, -0.05) is 0 Å². The van der Waals surface area contributed by atoms with Crippen molar-refractivity contribution < 1.29 is 13.0 Å². The van der Waals surface area contributed by atoms with Gasteiger partial charge in [-0.3, -0.25) is 4.55 Å². The third-order valence-corrected chi connectivity index (χ3v) is 0. The van der Waals surface area contributed by atoms with E-state index in [4.69, 9.17) is 13.0 Å². The average Bonchev–Trinajstić information content (AvgIpc) is 0.722. The molecule has 40 valence electrons. The quantitative estimate of drug-likeness (QED) is 0.353. The third-order valence-electron chi connectivity index (χ3n) is 0. The van der Waals surface area contributed by atoms with E-state index in [0.717, 1.165) is 0 Å². The fourth-order valence-corrected chi connectivity index (χ4v) is 0. The molecule has 0 rings (SSSR count). The number of hydrogen-bond donors (Lipinski definition) is 1. The molecule has 0 aromatic rings. The van der Waals surface area contributed by atoms with E-state index in [2.05, 4.69) is 0 Å². The zero-order chi connectivity index (χ0) is 4.50. The predicted molar refractivity (Wildman–Crippen MR) is 30.4 cm³/mol. The van der Waals surface area contributed by atoms with Crippen LogP contribution in [0.5, 0.6) is 0 Å². The van der Waals surface area contributed by atoms with E-state index >= 15 is 0 Å². The zero-order valence-electron chi connectivity index (χ0n) is 2.76. The van der Waals surface area contributed by atoms with Gasteiger partial charge >= 0.3 is 33.0 Å². The molecule has 0 atom stereocenters. The molecule has 0 saturated carbocycles. The second-order valence-corrected chi connectivity index (χ2v) is 3.69. The van der Waals surface area contributed by atoms with E-state index in [0.29, 0.717) is 0 Å². The second-order valence-electron chi connectivity index (χ2n) is 0.412. The first-order valence-corrected chi connectivity index (χ1v) is 3.95. The Morgan fingerprint density at radius 3 is 1.50 bits per heavy atom. The molecule has 0 bridgehead atoms. The van der Waals surface area contributed by atoms with Gasteiger partial charge in [-0.05, 0) is 0 Å². The van der Waals surface area contributed by atoms with Crippen LogP contribution in [0.25, 0.3) is 0 Å². The Morgan fingerprint density at radius 1 is 1.50 bits per heavy atom. The summed E-state index contributed by atoms with van der Waals surface area (Å²) < 4.78 is 25.6. The molecule has 0 aliphatic carbocycles. The fourth-order valence-electron chi connectivity index (χ4n) is 0. The first-order valence-electron chi connectivity index (χ1n) is 0.670. The van der Waals surface area contributed by atoms with Gasteiger partial charge < -0.3 is 0 Å². The maximum atomic E-state index is 9.10. The molecule has 0 aromatic heterocycles. The molecule has 0 saturated heterocycles. The summed E-state index contributed by atoms with van der Waals surface area (Å²) in [7, 11) is -3.85. The molecule has 0 unspecified atom stereocenters. The van der Waals surface area contributed by atoms with Crippen LogP contribution in [0.4, 0.5) is 0 Å². The van der Waals surface area contributed by atoms with Gasteiger partial charge in [0.05, 0.1) is 14.8 Å². The minimum absolute atomic E-state index is 0. The first-order chi connectivity index (χ1) is 2.00. The average molecular weight is 286 g/mol. The molecule has 0 amide bonds. The van der Waals surface area contributed by atoms with Gasteiger partial charge in [0.25, 0.3) is 0 Å². The number of halogens is 1. The van der Waals surface area contributed by atoms with E-state index in [1.54, 1.807) is 0 Å². The van der Waals surface area contributed by atoms with Crippen LogP contribution < -0.4 is 0 Å².